The van der Waals surface area contributed by atoms with Crippen LogP contribution in [0.25, 0.3) is 0 Å². The van der Waals surface area contributed by atoms with E-state index in [9.17, 15) is 0 Å². The van der Waals surface area contributed by atoms with Crippen LogP contribution in [0.3, 0.4) is 0 Å². The third-order valence-electron chi connectivity index (χ3n) is 2.33. The lowest BCUT2D eigenvalue weighted by Crippen LogP contribution is -1.79. The van der Waals surface area contributed by atoms with Gasteiger partial charge in [0.25, 0.3) is 5.88 Å². The fourth-order valence-electron chi connectivity index (χ4n) is 1.21. The number of aliphatic imine (C=N–C) groups is 1. The molecule has 0 radical (unpaired) electrons. The van der Waals surface area contributed by atoms with Crippen molar-refractivity contribution in [3.05, 3.63) is 46.1 Å². The van der Waals surface area contributed by atoms with Crippen LogP contribution in [0.5, 0.6) is 0 Å². The molecular formula is C12H11ClN2O. The molecule has 0 unspecified atom stereocenters. The molecule has 0 fully saturated rings. The number of hydrogen-bond donors (Lipinski definition) is 0. The molecular weight excluding hydrogens is 224 g/mol. The van der Waals surface area contributed by atoms with Gasteiger partial charge in [-0.25, -0.2) is 4.99 Å². The summed E-state index contributed by atoms with van der Waals surface area (Å²) in [4.78, 5) is 4.23. The first-order valence-electron chi connectivity index (χ1n) is 4.89. The Labute approximate surface area is 98.7 Å². The summed E-state index contributed by atoms with van der Waals surface area (Å²) in [5.74, 6) is 0.549. The van der Waals surface area contributed by atoms with Crippen molar-refractivity contribution >= 4 is 23.7 Å². The van der Waals surface area contributed by atoms with E-state index < -0.39 is 0 Å². The molecule has 0 aliphatic rings. The van der Waals surface area contributed by atoms with Crippen LogP contribution in [0.1, 0.15) is 16.8 Å². The first-order valence-corrected chi connectivity index (χ1v) is 5.27. The van der Waals surface area contributed by atoms with Crippen molar-refractivity contribution in [1.29, 1.82) is 0 Å². The van der Waals surface area contributed by atoms with E-state index in [4.69, 9.17) is 16.1 Å². The molecule has 0 spiro atoms. The molecule has 0 amide bonds. The zero-order chi connectivity index (χ0) is 11.5. The van der Waals surface area contributed by atoms with Crippen LogP contribution in [-0.2, 0) is 0 Å². The van der Waals surface area contributed by atoms with Gasteiger partial charge in [-0.3, -0.25) is 0 Å². The zero-order valence-electron chi connectivity index (χ0n) is 9.07. The lowest BCUT2D eigenvalue weighted by molar-refractivity contribution is 0.425. The van der Waals surface area contributed by atoms with E-state index in [0.29, 0.717) is 10.9 Å². The van der Waals surface area contributed by atoms with Crippen molar-refractivity contribution in [2.45, 2.75) is 13.8 Å². The average molecular weight is 235 g/mol. The SMILES string of the molecule is Cc1noc(/N=C/c2ccc(Cl)cc2)c1C. The number of aryl methyl sites for hydroxylation is 1. The van der Waals surface area contributed by atoms with Crippen molar-refractivity contribution in [1.82, 2.24) is 5.16 Å². The smallest absolute Gasteiger partial charge is 0.253 e. The normalized spacial score (nSPS) is 11.2. The van der Waals surface area contributed by atoms with Gasteiger partial charge >= 0.3 is 0 Å². The predicted octanol–water partition coefficient (Wildman–Crippen LogP) is 3.70. The van der Waals surface area contributed by atoms with Gasteiger partial charge in [-0.05, 0) is 31.5 Å². The molecule has 82 valence electrons. The summed E-state index contributed by atoms with van der Waals surface area (Å²) in [6, 6.07) is 7.43. The van der Waals surface area contributed by atoms with Crippen molar-refractivity contribution in [3.63, 3.8) is 0 Å². The Morgan fingerprint density at radius 3 is 2.50 bits per heavy atom. The molecule has 2 rings (SSSR count). The molecule has 1 aromatic heterocycles. The maximum Gasteiger partial charge on any atom is 0.253 e. The number of hydrogen-bond acceptors (Lipinski definition) is 3. The maximum atomic E-state index is 5.78. The second-order valence-electron chi connectivity index (χ2n) is 3.51. The van der Waals surface area contributed by atoms with Crippen LogP contribution in [0, 0.1) is 13.8 Å². The Hall–Kier alpha value is -1.61. The van der Waals surface area contributed by atoms with Gasteiger partial charge in [0, 0.05) is 16.8 Å². The van der Waals surface area contributed by atoms with Crippen LogP contribution in [0.15, 0.2) is 33.8 Å². The number of halogens is 1. The van der Waals surface area contributed by atoms with E-state index in [1.807, 2.05) is 38.1 Å². The lowest BCUT2D eigenvalue weighted by atomic mass is 10.2. The summed E-state index contributed by atoms with van der Waals surface area (Å²) in [5.41, 5.74) is 2.80. The number of rotatable bonds is 2. The minimum absolute atomic E-state index is 0.549. The molecule has 0 atom stereocenters. The molecule has 0 aliphatic carbocycles. The highest BCUT2D eigenvalue weighted by molar-refractivity contribution is 6.30. The Bertz CT molecular complexity index is 514. The molecule has 0 N–H and O–H groups in total. The molecule has 0 saturated heterocycles. The van der Waals surface area contributed by atoms with Gasteiger partial charge in [-0.15, -0.1) is 0 Å². The van der Waals surface area contributed by atoms with E-state index in [-0.39, 0.29) is 0 Å². The van der Waals surface area contributed by atoms with Gasteiger partial charge in [0.05, 0.1) is 5.69 Å². The molecule has 1 heterocycles. The zero-order valence-corrected chi connectivity index (χ0v) is 9.82. The highest BCUT2D eigenvalue weighted by Crippen LogP contribution is 2.20. The summed E-state index contributed by atoms with van der Waals surface area (Å²) in [6.45, 7) is 3.82. The Morgan fingerprint density at radius 1 is 1.25 bits per heavy atom. The molecule has 0 saturated carbocycles. The summed E-state index contributed by atoms with van der Waals surface area (Å²) in [7, 11) is 0. The highest BCUT2D eigenvalue weighted by Gasteiger charge is 2.05. The molecule has 4 heteroatoms. The van der Waals surface area contributed by atoms with Crippen molar-refractivity contribution < 1.29 is 4.52 Å². The minimum atomic E-state index is 0.549. The van der Waals surface area contributed by atoms with Crippen molar-refractivity contribution in [2.24, 2.45) is 4.99 Å². The quantitative estimate of drug-likeness (QED) is 0.744. The Balaban J connectivity index is 2.21. The second-order valence-corrected chi connectivity index (χ2v) is 3.94. The largest absolute Gasteiger partial charge is 0.336 e. The molecule has 2 aromatic rings. The molecule has 0 bridgehead atoms. The first-order chi connectivity index (χ1) is 7.66. The fourth-order valence-corrected chi connectivity index (χ4v) is 1.33. The van der Waals surface area contributed by atoms with E-state index in [2.05, 4.69) is 10.1 Å². The molecule has 1 aromatic carbocycles. The molecule has 3 nitrogen and oxygen atoms in total. The minimum Gasteiger partial charge on any atom is -0.336 e. The summed E-state index contributed by atoms with van der Waals surface area (Å²) < 4.78 is 5.07. The summed E-state index contributed by atoms with van der Waals surface area (Å²) in [5, 5.41) is 4.54. The Morgan fingerprint density at radius 2 is 1.94 bits per heavy atom. The van der Waals surface area contributed by atoms with Gasteiger partial charge in [-0.2, -0.15) is 0 Å². The highest BCUT2D eigenvalue weighted by atomic mass is 35.5. The third-order valence-corrected chi connectivity index (χ3v) is 2.59. The van der Waals surface area contributed by atoms with Crippen LogP contribution in [0.4, 0.5) is 5.88 Å². The van der Waals surface area contributed by atoms with Crippen molar-refractivity contribution in [3.8, 4) is 0 Å². The van der Waals surface area contributed by atoms with Gasteiger partial charge in [-0.1, -0.05) is 28.9 Å². The van der Waals surface area contributed by atoms with E-state index in [0.717, 1.165) is 16.8 Å². The van der Waals surface area contributed by atoms with Gasteiger partial charge in [0.2, 0.25) is 0 Å². The van der Waals surface area contributed by atoms with Crippen molar-refractivity contribution in [2.75, 3.05) is 0 Å². The Kier molecular flexibility index (Phi) is 3.06. The second kappa shape index (κ2) is 4.49. The topological polar surface area (TPSA) is 38.4 Å². The number of nitrogens with zero attached hydrogens (tertiary/aromatic N) is 2. The monoisotopic (exact) mass is 234 g/mol. The molecule has 0 aliphatic heterocycles. The van der Waals surface area contributed by atoms with Crippen LogP contribution < -0.4 is 0 Å². The third kappa shape index (κ3) is 2.31. The standard InChI is InChI=1S/C12H11ClN2O/c1-8-9(2)15-16-12(8)14-7-10-3-5-11(13)6-4-10/h3-7H,1-2H3/b14-7+. The molecule has 16 heavy (non-hydrogen) atoms. The summed E-state index contributed by atoms with van der Waals surface area (Å²) in [6.07, 6.45) is 1.73. The van der Waals surface area contributed by atoms with Gasteiger partial charge in [0.1, 0.15) is 0 Å². The maximum absolute atomic E-state index is 5.78. The average Bonchev–Trinajstić information content (AvgIpc) is 2.60. The predicted molar refractivity (Wildman–Crippen MR) is 64.7 cm³/mol. The van der Waals surface area contributed by atoms with E-state index in [1.165, 1.54) is 0 Å². The van der Waals surface area contributed by atoms with Gasteiger partial charge in [0.15, 0.2) is 0 Å². The fraction of sp³-hybridized carbons (Fsp3) is 0.167. The van der Waals surface area contributed by atoms with E-state index in [1.54, 1.807) is 6.21 Å². The number of aromatic nitrogens is 1. The van der Waals surface area contributed by atoms with Crippen LogP contribution >= 0.6 is 11.6 Å². The van der Waals surface area contributed by atoms with Crippen LogP contribution in [-0.4, -0.2) is 11.4 Å². The number of benzene rings is 1. The lowest BCUT2D eigenvalue weighted by Gasteiger charge is -1.92. The first kappa shape index (κ1) is 10.9. The van der Waals surface area contributed by atoms with Crippen LogP contribution in [0.2, 0.25) is 5.02 Å². The van der Waals surface area contributed by atoms with E-state index >= 15 is 0 Å². The summed E-state index contributed by atoms with van der Waals surface area (Å²) >= 11 is 5.78. The van der Waals surface area contributed by atoms with Gasteiger partial charge < -0.3 is 4.52 Å².